The van der Waals surface area contributed by atoms with Gasteiger partial charge in [0.25, 0.3) is 0 Å². The van der Waals surface area contributed by atoms with Gasteiger partial charge in [-0.1, -0.05) is 38.1 Å². The summed E-state index contributed by atoms with van der Waals surface area (Å²) in [5, 5.41) is 6.04. The molecule has 0 aliphatic heterocycles. The first-order chi connectivity index (χ1) is 8.71. The highest BCUT2D eigenvalue weighted by atomic mass is 15.0. The molecule has 0 amide bonds. The average Bonchev–Trinajstić information content (AvgIpc) is 3.17. The number of nitrogens with zero attached hydrogens (tertiary/aromatic N) is 1. The van der Waals surface area contributed by atoms with E-state index in [2.05, 4.69) is 54.5 Å². The molecule has 2 aromatic rings. The topological polar surface area (TPSA) is 24.9 Å². The van der Waals surface area contributed by atoms with Gasteiger partial charge < -0.3 is 5.32 Å². The lowest BCUT2D eigenvalue weighted by atomic mass is 9.92. The summed E-state index contributed by atoms with van der Waals surface area (Å²) in [5.41, 5.74) is 0.513. The van der Waals surface area contributed by atoms with Crippen LogP contribution in [0.5, 0.6) is 0 Å². The molecule has 0 saturated heterocycles. The summed E-state index contributed by atoms with van der Waals surface area (Å²) in [4.78, 5) is 4.49. The predicted molar refractivity (Wildman–Crippen MR) is 76.7 cm³/mol. The second kappa shape index (κ2) is 4.27. The molecule has 0 atom stereocenters. The Morgan fingerprint density at radius 3 is 2.72 bits per heavy atom. The molecule has 2 heteroatoms. The zero-order chi connectivity index (χ0) is 12.6. The number of rotatable bonds is 4. The van der Waals surface area contributed by atoms with E-state index in [9.17, 15) is 0 Å². The summed E-state index contributed by atoms with van der Waals surface area (Å²) >= 11 is 0. The van der Waals surface area contributed by atoms with Crippen LogP contribution in [-0.4, -0.2) is 11.5 Å². The monoisotopic (exact) mass is 240 g/mol. The maximum Gasteiger partial charge on any atom is 0.133 e. The fourth-order valence-electron chi connectivity index (χ4n) is 2.64. The molecule has 1 aromatic heterocycles. The molecule has 1 aromatic carbocycles. The molecule has 0 bridgehead atoms. The summed E-state index contributed by atoms with van der Waals surface area (Å²) in [5.74, 6) is 1.78. The Morgan fingerprint density at radius 2 is 2.00 bits per heavy atom. The molecule has 1 aliphatic carbocycles. The quantitative estimate of drug-likeness (QED) is 0.871. The van der Waals surface area contributed by atoms with E-state index in [0.717, 1.165) is 18.3 Å². The molecule has 0 spiro atoms. The van der Waals surface area contributed by atoms with Crippen LogP contribution in [-0.2, 0) is 0 Å². The van der Waals surface area contributed by atoms with E-state index in [4.69, 9.17) is 0 Å². The van der Waals surface area contributed by atoms with Gasteiger partial charge in [-0.25, -0.2) is 4.98 Å². The maximum atomic E-state index is 4.49. The first-order valence-electron chi connectivity index (χ1n) is 6.79. The van der Waals surface area contributed by atoms with Crippen molar-refractivity contribution in [2.24, 2.45) is 11.3 Å². The molecule has 0 unspecified atom stereocenters. The molecule has 2 nitrogen and oxygen atoms in total. The summed E-state index contributed by atoms with van der Waals surface area (Å²) in [6, 6.07) is 10.5. The van der Waals surface area contributed by atoms with Crippen LogP contribution in [0.2, 0.25) is 0 Å². The van der Waals surface area contributed by atoms with Crippen LogP contribution in [0.25, 0.3) is 10.8 Å². The SMILES string of the molecule is CC(C)C1(CNc2nccc3ccccc23)CC1. The Labute approximate surface area is 108 Å². The smallest absolute Gasteiger partial charge is 0.133 e. The zero-order valence-electron chi connectivity index (χ0n) is 11.1. The second-order valence-corrected chi connectivity index (χ2v) is 5.75. The van der Waals surface area contributed by atoms with Gasteiger partial charge in [0.05, 0.1) is 0 Å². The number of fused-ring (bicyclic) bond motifs is 1. The Morgan fingerprint density at radius 1 is 1.22 bits per heavy atom. The Hall–Kier alpha value is -1.57. The second-order valence-electron chi connectivity index (χ2n) is 5.75. The number of aromatic nitrogens is 1. The average molecular weight is 240 g/mol. The molecule has 1 N–H and O–H groups in total. The van der Waals surface area contributed by atoms with Gasteiger partial charge in [0, 0.05) is 18.1 Å². The standard InChI is InChI=1S/C16H20N2/c1-12(2)16(8-9-16)11-18-15-14-6-4-3-5-13(14)7-10-17-15/h3-7,10,12H,8-9,11H2,1-2H3,(H,17,18). The van der Waals surface area contributed by atoms with Crippen molar-refractivity contribution in [2.75, 3.05) is 11.9 Å². The molecule has 1 saturated carbocycles. The van der Waals surface area contributed by atoms with Crippen molar-refractivity contribution in [1.82, 2.24) is 4.98 Å². The molecule has 18 heavy (non-hydrogen) atoms. The number of anilines is 1. The Balaban J connectivity index is 1.83. The van der Waals surface area contributed by atoms with Gasteiger partial charge in [0.1, 0.15) is 5.82 Å². The van der Waals surface area contributed by atoms with Crippen LogP contribution in [0.15, 0.2) is 36.5 Å². The normalized spacial score (nSPS) is 17.1. The first-order valence-corrected chi connectivity index (χ1v) is 6.79. The number of hydrogen-bond acceptors (Lipinski definition) is 2. The summed E-state index contributed by atoms with van der Waals surface area (Å²) in [6.45, 7) is 5.70. The van der Waals surface area contributed by atoms with Crippen molar-refractivity contribution >= 4 is 16.6 Å². The minimum absolute atomic E-state index is 0.513. The van der Waals surface area contributed by atoms with E-state index in [1.807, 2.05) is 6.20 Å². The third kappa shape index (κ3) is 1.96. The van der Waals surface area contributed by atoms with Crippen molar-refractivity contribution in [1.29, 1.82) is 0 Å². The fraction of sp³-hybridized carbons (Fsp3) is 0.438. The highest BCUT2D eigenvalue weighted by Gasteiger charge is 2.44. The van der Waals surface area contributed by atoms with Crippen molar-refractivity contribution in [2.45, 2.75) is 26.7 Å². The van der Waals surface area contributed by atoms with Gasteiger partial charge in [-0.15, -0.1) is 0 Å². The third-order valence-electron chi connectivity index (χ3n) is 4.40. The summed E-state index contributed by atoms with van der Waals surface area (Å²) < 4.78 is 0. The van der Waals surface area contributed by atoms with Gasteiger partial charge in [0.2, 0.25) is 0 Å². The number of nitrogens with one attached hydrogen (secondary N) is 1. The van der Waals surface area contributed by atoms with Crippen LogP contribution in [0.3, 0.4) is 0 Å². The van der Waals surface area contributed by atoms with Crippen LogP contribution in [0.4, 0.5) is 5.82 Å². The Bertz CT molecular complexity index is 551. The Kier molecular flexibility index (Phi) is 2.73. The molecule has 1 fully saturated rings. The fourth-order valence-corrected chi connectivity index (χ4v) is 2.64. The molecule has 0 radical (unpaired) electrons. The van der Waals surface area contributed by atoms with E-state index >= 15 is 0 Å². The maximum absolute atomic E-state index is 4.49. The largest absolute Gasteiger partial charge is 0.369 e. The zero-order valence-corrected chi connectivity index (χ0v) is 11.1. The highest BCUT2D eigenvalue weighted by molar-refractivity contribution is 5.91. The molecular formula is C16H20N2. The van der Waals surface area contributed by atoms with Gasteiger partial charge >= 0.3 is 0 Å². The van der Waals surface area contributed by atoms with Crippen LogP contribution >= 0.6 is 0 Å². The molecule has 3 rings (SSSR count). The van der Waals surface area contributed by atoms with Crippen molar-refractivity contribution in [3.63, 3.8) is 0 Å². The van der Waals surface area contributed by atoms with E-state index in [1.54, 1.807) is 0 Å². The van der Waals surface area contributed by atoms with Crippen molar-refractivity contribution in [3.8, 4) is 0 Å². The summed E-state index contributed by atoms with van der Waals surface area (Å²) in [7, 11) is 0. The lowest BCUT2D eigenvalue weighted by Gasteiger charge is -2.20. The first kappa shape index (κ1) is 11.5. The number of hydrogen-bond donors (Lipinski definition) is 1. The lowest BCUT2D eigenvalue weighted by molar-refractivity contribution is 0.380. The van der Waals surface area contributed by atoms with E-state index in [-0.39, 0.29) is 0 Å². The number of benzene rings is 1. The summed E-state index contributed by atoms with van der Waals surface area (Å²) in [6.07, 6.45) is 4.59. The highest BCUT2D eigenvalue weighted by Crippen LogP contribution is 2.51. The van der Waals surface area contributed by atoms with Gasteiger partial charge in [-0.3, -0.25) is 0 Å². The van der Waals surface area contributed by atoms with Gasteiger partial charge in [0.15, 0.2) is 0 Å². The minimum atomic E-state index is 0.513. The molecule has 94 valence electrons. The molecular weight excluding hydrogens is 220 g/mol. The van der Waals surface area contributed by atoms with E-state index in [0.29, 0.717) is 5.41 Å². The van der Waals surface area contributed by atoms with Gasteiger partial charge in [-0.05, 0) is 35.6 Å². The van der Waals surface area contributed by atoms with E-state index < -0.39 is 0 Å². The predicted octanol–water partition coefficient (Wildman–Crippen LogP) is 4.08. The van der Waals surface area contributed by atoms with Crippen molar-refractivity contribution in [3.05, 3.63) is 36.5 Å². The molecule has 1 heterocycles. The molecule has 1 aliphatic rings. The van der Waals surface area contributed by atoms with Crippen molar-refractivity contribution < 1.29 is 0 Å². The van der Waals surface area contributed by atoms with Crippen LogP contribution < -0.4 is 5.32 Å². The minimum Gasteiger partial charge on any atom is -0.369 e. The third-order valence-corrected chi connectivity index (χ3v) is 4.40. The van der Waals surface area contributed by atoms with Crippen LogP contribution in [0, 0.1) is 11.3 Å². The van der Waals surface area contributed by atoms with Gasteiger partial charge in [-0.2, -0.15) is 0 Å². The lowest BCUT2D eigenvalue weighted by Crippen LogP contribution is -2.21. The van der Waals surface area contributed by atoms with E-state index in [1.165, 1.54) is 23.6 Å². The van der Waals surface area contributed by atoms with Crippen LogP contribution in [0.1, 0.15) is 26.7 Å². The number of pyridine rings is 1.